The van der Waals surface area contributed by atoms with Crippen LogP contribution in [-0.2, 0) is 19.4 Å². The standard InChI is InChI=1S/C19H17ClN2O5S/c1-27-18(23)16-15(11-28(25,26)14-9-5-8-13(20)10-14)21-19(24)22-17(16)12-6-3-2-4-7-12/h2-10,17H,11H2,1H3,(H2,21,22,24). The molecule has 0 fully saturated rings. The summed E-state index contributed by atoms with van der Waals surface area (Å²) in [6.07, 6.45) is 0. The molecule has 0 saturated carbocycles. The number of urea groups is 1. The van der Waals surface area contributed by atoms with Crippen LogP contribution in [0.1, 0.15) is 11.6 Å². The van der Waals surface area contributed by atoms with Crippen LogP contribution in [0.3, 0.4) is 0 Å². The molecule has 0 bridgehead atoms. The summed E-state index contributed by atoms with van der Waals surface area (Å²) in [5.41, 5.74) is 0.610. The second kappa shape index (κ2) is 8.04. The number of hydrogen-bond acceptors (Lipinski definition) is 5. The predicted octanol–water partition coefficient (Wildman–Crippen LogP) is 2.59. The average Bonchev–Trinajstić information content (AvgIpc) is 2.67. The molecular formula is C19H17ClN2O5S. The van der Waals surface area contributed by atoms with Crippen molar-refractivity contribution in [1.29, 1.82) is 0 Å². The Labute approximate surface area is 167 Å². The van der Waals surface area contributed by atoms with Gasteiger partial charge in [-0.3, -0.25) is 0 Å². The molecule has 2 aromatic carbocycles. The Kier molecular flexibility index (Phi) is 5.71. The van der Waals surface area contributed by atoms with Gasteiger partial charge in [0.2, 0.25) is 0 Å². The SMILES string of the molecule is COC(=O)C1=C(CS(=O)(=O)c2cccc(Cl)c2)NC(=O)NC1c1ccccc1. The zero-order chi connectivity index (χ0) is 20.3. The summed E-state index contributed by atoms with van der Waals surface area (Å²) >= 11 is 5.89. The van der Waals surface area contributed by atoms with E-state index in [1.54, 1.807) is 36.4 Å². The average molecular weight is 421 g/mol. The summed E-state index contributed by atoms with van der Waals surface area (Å²) in [5.74, 6) is -1.33. The Bertz CT molecular complexity index is 1050. The molecule has 2 aromatic rings. The quantitative estimate of drug-likeness (QED) is 0.724. The third-order valence-electron chi connectivity index (χ3n) is 4.18. The number of esters is 1. The highest BCUT2D eigenvalue weighted by Crippen LogP contribution is 2.29. The lowest BCUT2D eigenvalue weighted by Crippen LogP contribution is -2.47. The van der Waals surface area contributed by atoms with E-state index in [1.165, 1.54) is 25.3 Å². The van der Waals surface area contributed by atoms with Crippen molar-refractivity contribution in [2.45, 2.75) is 10.9 Å². The van der Waals surface area contributed by atoms with Crippen LogP contribution in [0.4, 0.5) is 4.79 Å². The molecule has 0 aromatic heterocycles. The molecule has 1 aliphatic rings. The fourth-order valence-electron chi connectivity index (χ4n) is 2.91. The van der Waals surface area contributed by atoms with E-state index >= 15 is 0 Å². The smallest absolute Gasteiger partial charge is 0.338 e. The van der Waals surface area contributed by atoms with Crippen molar-refractivity contribution in [3.05, 3.63) is 76.5 Å². The molecule has 0 aliphatic carbocycles. The Morgan fingerprint density at radius 1 is 1.14 bits per heavy atom. The monoisotopic (exact) mass is 420 g/mol. The number of rotatable bonds is 5. The number of hydrogen-bond donors (Lipinski definition) is 2. The normalized spacial score (nSPS) is 16.9. The number of carbonyl (C=O) groups excluding carboxylic acids is 2. The molecular weight excluding hydrogens is 404 g/mol. The molecule has 1 atom stereocenters. The van der Waals surface area contributed by atoms with Crippen molar-refractivity contribution in [3.63, 3.8) is 0 Å². The summed E-state index contributed by atoms with van der Waals surface area (Å²) in [7, 11) is -2.69. The Morgan fingerprint density at radius 3 is 2.50 bits per heavy atom. The number of sulfone groups is 1. The summed E-state index contributed by atoms with van der Waals surface area (Å²) in [4.78, 5) is 24.6. The van der Waals surface area contributed by atoms with Gasteiger partial charge >= 0.3 is 12.0 Å². The van der Waals surface area contributed by atoms with Crippen LogP contribution < -0.4 is 10.6 Å². The van der Waals surface area contributed by atoms with Gasteiger partial charge in [-0.25, -0.2) is 18.0 Å². The zero-order valence-corrected chi connectivity index (χ0v) is 16.4. The van der Waals surface area contributed by atoms with Gasteiger partial charge in [-0.05, 0) is 23.8 Å². The zero-order valence-electron chi connectivity index (χ0n) is 14.8. The first kappa shape index (κ1) is 19.9. The summed E-state index contributed by atoms with van der Waals surface area (Å²) < 4.78 is 30.5. The molecule has 146 valence electrons. The van der Waals surface area contributed by atoms with E-state index in [1.807, 2.05) is 0 Å². The van der Waals surface area contributed by atoms with Crippen molar-refractivity contribution in [2.75, 3.05) is 12.9 Å². The molecule has 2 amide bonds. The van der Waals surface area contributed by atoms with E-state index in [0.717, 1.165) is 0 Å². The van der Waals surface area contributed by atoms with Crippen LogP contribution in [0.2, 0.25) is 5.02 Å². The van der Waals surface area contributed by atoms with Gasteiger partial charge < -0.3 is 15.4 Å². The number of amides is 2. The first-order valence-electron chi connectivity index (χ1n) is 8.24. The maximum Gasteiger partial charge on any atom is 0.338 e. The van der Waals surface area contributed by atoms with Crippen LogP contribution >= 0.6 is 11.6 Å². The largest absolute Gasteiger partial charge is 0.466 e. The van der Waals surface area contributed by atoms with E-state index < -0.39 is 33.6 Å². The Morgan fingerprint density at radius 2 is 1.86 bits per heavy atom. The fraction of sp³-hybridized carbons (Fsp3) is 0.158. The highest BCUT2D eigenvalue weighted by atomic mass is 35.5. The molecule has 1 aliphatic heterocycles. The topological polar surface area (TPSA) is 102 Å². The molecule has 0 spiro atoms. The van der Waals surface area contributed by atoms with E-state index in [2.05, 4.69) is 10.6 Å². The van der Waals surface area contributed by atoms with Crippen molar-refractivity contribution in [1.82, 2.24) is 10.6 Å². The molecule has 3 rings (SSSR count). The van der Waals surface area contributed by atoms with Gasteiger partial charge in [0.1, 0.15) is 0 Å². The van der Waals surface area contributed by atoms with Crippen molar-refractivity contribution < 1.29 is 22.7 Å². The molecule has 0 radical (unpaired) electrons. The number of benzene rings is 2. The van der Waals surface area contributed by atoms with Gasteiger partial charge in [-0.1, -0.05) is 48.0 Å². The lowest BCUT2D eigenvalue weighted by atomic mass is 9.96. The number of ether oxygens (including phenoxy) is 1. The minimum atomic E-state index is -3.88. The van der Waals surface area contributed by atoms with Gasteiger partial charge in [0.05, 0.1) is 29.4 Å². The van der Waals surface area contributed by atoms with Crippen LogP contribution in [0.15, 0.2) is 70.8 Å². The highest BCUT2D eigenvalue weighted by molar-refractivity contribution is 7.91. The van der Waals surface area contributed by atoms with Crippen LogP contribution in [0, 0.1) is 0 Å². The third kappa shape index (κ3) is 4.18. The van der Waals surface area contributed by atoms with Gasteiger partial charge in [0.15, 0.2) is 9.84 Å². The van der Waals surface area contributed by atoms with Gasteiger partial charge in [0, 0.05) is 10.7 Å². The van der Waals surface area contributed by atoms with Crippen molar-refractivity contribution in [3.8, 4) is 0 Å². The maximum atomic E-state index is 12.8. The molecule has 28 heavy (non-hydrogen) atoms. The first-order valence-corrected chi connectivity index (χ1v) is 10.3. The van der Waals surface area contributed by atoms with E-state index in [4.69, 9.17) is 16.3 Å². The second-order valence-corrected chi connectivity index (χ2v) is 8.47. The fourth-order valence-corrected chi connectivity index (χ4v) is 4.53. The predicted molar refractivity (Wildman–Crippen MR) is 103 cm³/mol. The summed E-state index contributed by atoms with van der Waals surface area (Å²) in [6, 6.07) is 13.1. The van der Waals surface area contributed by atoms with Crippen molar-refractivity contribution in [2.24, 2.45) is 0 Å². The van der Waals surface area contributed by atoms with Crippen molar-refractivity contribution >= 4 is 33.4 Å². The lowest BCUT2D eigenvalue weighted by molar-refractivity contribution is -0.136. The molecule has 9 heteroatoms. The molecule has 0 saturated heterocycles. The number of nitrogens with one attached hydrogen (secondary N) is 2. The van der Waals surface area contributed by atoms with E-state index in [0.29, 0.717) is 5.56 Å². The third-order valence-corrected chi connectivity index (χ3v) is 6.06. The number of halogens is 1. The molecule has 1 heterocycles. The maximum absolute atomic E-state index is 12.8. The number of methoxy groups -OCH3 is 1. The van der Waals surface area contributed by atoms with Crippen LogP contribution in [0.5, 0.6) is 0 Å². The number of carbonyl (C=O) groups is 2. The highest BCUT2D eigenvalue weighted by Gasteiger charge is 2.35. The minimum absolute atomic E-state index is 0.0132. The van der Waals surface area contributed by atoms with Gasteiger partial charge in [0.25, 0.3) is 0 Å². The Hall–Kier alpha value is -2.84. The lowest BCUT2D eigenvalue weighted by Gasteiger charge is -2.29. The summed E-state index contributed by atoms with van der Waals surface area (Å²) in [5, 5.41) is 5.34. The molecule has 2 N–H and O–H groups in total. The molecule has 1 unspecified atom stereocenters. The van der Waals surface area contributed by atoms with Gasteiger partial charge in [-0.2, -0.15) is 0 Å². The van der Waals surface area contributed by atoms with Crippen LogP contribution in [0.25, 0.3) is 0 Å². The minimum Gasteiger partial charge on any atom is -0.466 e. The Balaban J connectivity index is 2.09. The van der Waals surface area contributed by atoms with Gasteiger partial charge in [-0.15, -0.1) is 0 Å². The van der Waals surface area contributed by atoms with E-state index in [-0.39, 0.29) is 21.2 Å². The summed E-state index contributed by atoms with van der Waals surface area (Å²) in [6.45, 7) is 0. The van der Waals surface area contributed by atoms with Crippen LogP contribution in [-0.4, -0.2) is 33.3 Å². The van der Waals surface area contributed by atoms with E-state index in [9.17, 15) is 18.0 Å². The molecule has 7 nitrogen and oxygen atoms in total. The second-order valence-electron chi connectivity index (χ2n) is 6.04. The first-order chi connectivity index (χ1) is 13.3.